The Morgan fingerprint density at radius 2 is 2.28 bits per heavy atom. The van der Waals surface area contributed by atoms with E-state index in [1.807, 2.05) is 6.92 Å². The average molecular weight is 246 g/mol. The first-order valence-electron chi connectivity index (χ1n) is 6.34. The molecule has 0 saturated heterocycles. The lowest BCUT2D eigenvalue weighted by Crippen LogP contribution is -2.42. The van der Waals surface area contributed by atoms with E-state index in [0.29, 0.717) is 23.2 Å². The van der Waals surface area contributed by atoms with Gasteiger partial charge in [0.2, 0.25) is 5.91 Å². The maximum absolute atomic E-state index is 12.2. The second kappa shape index (κ2) is 4.29. The number of carbonyl (C=O) groups is 2. The summed E-state index contributed by atoms with van der Waals surface area (Å²) in [6.07, 6.45) is 0.582. The van der Waals surface area contributed by atoms with Crippen LogP contribution in [0.1, 0.15) is 26.7 Å². The summed E-state index contributed by atoms with van der Waals surface area (Å²) in [6, 6.07) is 6.80. The van der Waals surface area contributed by atoms with Gasteiger partial charge in [0.15, 0.2) is 5.41 Å². The molecule has 2 rings (SSSR count). The lowest BCUT2D eigenvalue weighted by atomic mass is 9.76. The fourth-order valence-corrected chi connectivity index (χ4v) is 2.24. The molecule has 1 atom stereocenters. The summed E-state index contributed by atoms with van der Waals surface area (Å²) < 4.78 is 7.31. The molecule has 2 N–H and O–H groups in total. The van der Waals surface area contributed by atoms with E-state index < -0.39 is 17.3 Å². The van der Waals surface area contributed by atoms with Crippen molar-refractivity contribution in [1.82, 2.24) is 0 Å². The van der Waals surface area contributed by atoms with Crippen LogP contribution in [0.4, 0.5) is 5.69 Å². The number of nitrogens with one attached hydrogen (secondary N) is 1. The summed E-state index contributed by atoms with van der Waals surface area (Å²) in [6.45, 7) is 2.98. The van der Waals surface area contributed by atoms with E-state index in [0.717, 1.165) is 6.55 Å². The summed E-state index contributed by atoms with van der Waals surface area (Å²) in [4.78, 5) is 23.9. The third kappa shape index (κ3) is 1.61. The molecule has 18 heavy (non-hydrogen) atoms. The molecule has 0 fully saturated rings. The molecule has 1 unspecified atom stereocenters. The Morgan fingerprint density at radius 3 is 2.89 bits per heavy atom. The number of aliphatic carboxylic acids is 1. The van der Waals surface area contributed by atoms with E-state index >= 15 is 0 Å². The van der Waals surface area contributed by atoms with Gasteiger partial charge in [-0.15, -0.1) is 0 Å². The van der Waals surface area contributed by atoms with Gasteiger partial charge in [-0.05, 0) is 18.9 Å². The number of hydrogen-bond donors (Lipinski definition) is 2. The lowest BCUT2D eigenvalue weighted by Gasteiger charge is -2.23. The third-order valence-electron chi connectivity index (χ3n) is 3.33. The highest BCUT2D eigenvalue weighted by Gasteiger charge is 2.53. The van der Waals surface area contributed by atoms with Gasteiger partial charge >= 0.3 is 5.97 Å². The molecule has 1 aliphatic rings. The van der Waals surface area contributed by atoms with Crippen molar-refractivity contribution >= 4 is 17.6 Å². The Kier molecular flexibility index (Phi) is 2.63. The molecule has 0 bridgehead atoms. The Labute approximate surface area is 107 Å². The zero-order chi connectivity index (χ0) is 14.0. The van der Waals surface area contributed by atoms with Crippen LogP contribution in [0.2, 0.25) is 0 Å². The number of carbonyl (C=O) groups excluding carboxylic acids is 1. The number of rotatable bonds is 4. The summed E-state index contributed by atoms with van der Waals surface area (Å²) in [5.74, 6) is -1.71. The highest BCUT2D eigenvalue weighted by molar-refractivity contribution is 6.19. The lowest BCUT2D eigenvalue weighted by molar-refractivity contribution is -0.147. The van der Waals surface area contributed by atoms with Crippen LogP contribution < -0.4 is 5.32 Å². The summed E-state index contributed by atoms with van der Waals surface area (Å²) in [7, 11) is 0. The van der Waals surface area contributed by atoms with Gasteiger partial charge in [0.25, 0.3) is 0 Å². The van der Waals surface area contributed by atoms with Crippen LogP contribution in [0.5, 0.6) is 0 Å². The normalized spacial score (nSPS) is 23.3. The number of amides is 1. The second-order valence-corrected chi connectivity index (χ2v) is 4.40. The number of allylic oxidation sites excluding steroid dienone is 1. The first-order valence-corrected chi connectivity index (χ1v) is 5.77. The van der Waals surface area contributed by atoms with Crippen molar-refractivity contribution in [2.24, 2.45) is 0 Å². The monoisotopic (exact) mass is 246 g/mol. The van der Waals surface area contributed by atoms with Crippen molar-refractivity contribution in [1.29, 1.82) is 0 Å². The van der Waals surface area contributed by atoms with Gasteiger partial charge in [0, 0.05) is 11.3 Å². The largest absolute Gasteiger partial charge is 0.480 e. The minimum atomic E-state index is -1.61. The number of carboxylic acid groups (broad SMARTS) is 1. The third-order valence-corrected chi connectivity index (χ3v) is 3.33. The van der Waals surface area contributed by atoms with Crippen molar-refractivity contribution in [3.63, 3.8) is 0 Å². The number of hydrogen-bond acceptors (Lipinski definition) is 2. The minimum Gasteiger partial charge on any atom is -0.480 e. The van der Waals surface area contributed by atoms with Crippen molar-refractivity contribution in [3.8, 4) is 0 Å². The smallest absolute Gasteiger partial charge is 0.324 e. The molecular weight excluding hydrogens is 230 g/mol. The van der Waals surface area contributed by atoms with Crippen LogP contribution in [0.15, 0.2) is 36.4 Å². The Bertz CT molecular complexity index is 568. The molecule has 0 spiro atoms. The van der Waals surface area contributed by atoms with Crippen LogP contribution >= 0.6 is 0 Å². The van der Waals surface area contributed by atoms with Crippen LogP contribution in [0.3, 0.4) is 0 Å². The molecule has 4 nitrogen and oxygen atoms in total. The van der Waals surface area contributed by atoms with Crippen molar-refractivity contribution in [3.05, 3.63) is 42.0 Å². The van der Waals surface area contributed by atoms with Gasteiger partial charge in [-0.25, -0.2) is 0 Å². The predicted molar refractivity (Wildman–Crippen MR) is 68.4 cm³/mol. The molecule has 1 aromatic carbocycles. The summed E-state index contributed by atoms with van der Waals surface area (Å²) in [5.41, 5.74) is 0.0318. The zero-order valence-corrected chi connectivity index (χ0v) is 10.1. The highest BCUT2D eigenvalue weighted by atomic mass is 16.4. The molecule has 1 heterocycles. The molecule has 1 amide bonds. The van der Waals surface area contributed by atoms with E-state index in [-0.39, 0.29) is 6.42 Å². The quantitative estimate of drug-likeness (QED) is 0.633. The first-order chi connectivity index (χ1) is 9.06. The van der Waals surface area contributed by atoms with Crippen LogP contribution in [-0.4, -0.2) is 17.0 Å². The van der Waals surface area contributed by atoms with Crippen molar-refractivity contribution in [2.45, 2.75) is 25.2 Å². The van der Waals surface area contributed by atoms with Crippen LogP contribution in [-0.2, 0) is 15.0 Å². The van der Waals surface area contributed by atoms with Crippen LogP contribution in [0, 0.1) is 0 Å². The maximum atomic E-state index is 12.2. The highest BCUT2D eigenvalue weighted by Crippen LogP contribution is 2.42. The molecular formula is C14H15NO3. The zero-order valence-electron chi connectivity index (χ0n) is 11.1. The van der Waals surface area contributed by atoms with E-state index in [1.165, 1.54) is 0 Å². The van der Waals surface area contributed by atoms with Crippen molar-refractivity contribution in [2.75, 3.05) is 5.32 Å². The predicted octanol–water partition coefficient (Wildman–Crippen LogP) is 2.32. The van der Waals surface area contributed by atoms with Gasteiger partial charge in [0.1, 0.15) is 0 Å². The first kappa shape index (κ1) is 11.0. The van der Waals surface area contributed by atoms with Gasteiger partial charge in [-0.2, -0.15) is 0 Å². The number of para-hydroxylation sites is 1. The molecule has 4 heteroatoms. The summed E-state index contributed by atoms with van der Waals surface area (Å²) >= 11 is 0. The number of carboxylic acids is 1. The fraction of sp³-hybridized carbons (Fsp3) is 0.286. The molecule has 1 aliphatic heterocycles. The Morgan fingerprint density at radius 1 is 1.56 bits per heavy atom. The average Bonchev–Trinajstić information content (AvgIpc) is 2.69. The van der Waals surface area contributed by atoms with E-state index in [9.17, 15) is 14.7 Å². The van der Waals surface area contributed by atoms with Crippen LogP contribution in [0.25, 0.3) is 0 Å². The molecule has 0 aromatic heterocycles. The molecule has 0 aliphatic carbocycles. The van der Waals surface area contributed by atoms with Gasteiger partial charge < -0.3 is 10.4 Å². The van der Waals surface area contributed by atoms with Crippen molar-refractivity contribution < 1.29 is 16.1 Å². The van der Waals surface area contributed by atoms with E-state index in [2.05, 4.69) is 5.32 Å². The second-order valence-electron chi connectivity index (χ2n) is 4.40. The molecule has 1 aromatic rings. The number of anilines is 1. The molecule has 0 radical (unpaired) electrons. The number of fused-ring (bicyclic) bond motifs is 1. The number of benzene rings is 1. The Balaban J connectivity index is 2.57. The maximum Gasteiger partial charge on any atom is 0.324 e. The Hall–Kier alpha value is -2.10. The molecule has 0 saturated carbocycles. The van der Waals surface area contributed by atoms with Gasteiger partial charge in [-0.3, -0.25) is 9.59 Å². The fourth-order valence-electron chi connectivity index (χ4n) is 2.24. The standard InChI is InChI=1S/C14H15NO3/c1-3-9(2)8-14(13(17)18)10-6-4-5-7-11(10)15-12(14)16/h4-7H,2-3,8H2,1H3,(H,15,16)(H,17,18)/i2D. The SMILES string of the molecule is [2H]C=C(CC)CC1(C(=O)O)C(=O)Nc2ccccc21. The van der Waals surface area contributed by atoms with E-state index in [4.69, 9.17) is 1.37 Å². The molecule has 94 valence electrons. The van der Waals surface area contributed by atoms with Gasteiger partial charge in [0.05, 0.1) is 1.37 Å². The minimum absolute atomic E-state index is 0.0329. The van der Waals surface area contributed by atoms with Gasteiger partial charge in [-0.1, -0.05) is 37.3 Å². The van der Waals surface area contributed by atoms with E-state index in [1.54, 1.807) is 24.3 Å². The summed E-state index contributed by atoms with van der Waals surface area (Å²) in [5, 5.41) is 12.2. The topological polar surface area (TPSA) is 66.4 Å².